The number of carbonyl (C=O) groups excluding carboxylic acids is 1. The number of furan rings is 1. The number of anilines is 1. The summed E-state index contributed by atoms with van der Waals surface area (Å²) in [7, 11) is -3.32. The summed E-state index contributed by atoms with van der Waals surface area (Å²) in [5.41, 5.74) is 1.89. The minimum atomic E-state index is -3.32. The predicted molar refractivity (Wildman–Crippen MR) is 129 cm³/mol. The van der Waals surface area contributed by atoms with Gasteiger partial charge in [-0.2, -0.15) is 0 Å². The molecule has 0 radical (unpaired) electrons. The van der Waals surface area contributed by atoms with E-state index in [0.717, 1.165) is 6.26 Å². The van der Waals surface area contributed by atoms with Crippen molar-refractivity contribution < 1.29 is 22.4 Å². The highest BCUT2D eigenvalue weighted by molar-refractivity contribution is 7.90. The van der Waals surface area contributed by atoms with Gasteiger partial charge in [0, 0.05) is 6.26 Å². The Hall–Kier alpha value is -3.17. The first-order chi connectivity index (χ1) is 15.5. The van der Waals surface area contributed by atoms with Crippen LogP contribution in [0.4, 0.5) is 5.13 Å². The Balaban J connectivity index is 1.39. The van der Waals surface area contributed by atoms with Gasteiger partial charge in [-0.05, 0) is 53.4 Å². The van der Waals surface area contributed by atoms with E-state index in [1.807, 2.05) is 24.3 Å². The molecule has 0 spiro atoms. The van der Waals surface area contributed by atoms with Crippen molar-refractivity contribution in [3.63, 3.8) is 0 Å². The van der Waals surface area contributed by atoms with Gasteiger partial charge in [-0.25, -0.2) is 13.4 Å². The monoisotopic (exact) mass is 484 g/mol. The van der Waals surface area contributed by atoms with Crippen molar-refractivity contribution in [1.82, 2.24) is 4.98 Å². The standard InChI is InChI=1S/C24H24N2O5S2/c1-24(2,3)15-5-7-16(8-6-15)30-14-17-9-12-20(31-17)22(27)26-23-25-19-11-10-18(33(4,28)29)13-21(19)32-23/h5-13H,14H2,1-4H3,(H,25,26,27). The van der Waals surface area contributed by atoms with E-state index in [0.29, 0.717) is 26.9 Å². The van der Waals surface area contributed by atoms with Crippen LogP contribution in [0.5, 0.6) is 5.75 Å². The average molecular weight is 485 g/mol. The van der Waals surface area contributed by atoms with E-state index in [9.17, 15) is 13.2 Å². The average Bonchev–Trinajstić information content (AvgIpc) is 3.37. The second-order valence-electron chi connectivity index (χ2n) is 8.70. The highest BCUT2D eigenvalue weighted by Crippen LogP contribution is 2.29. The number of carbonyl (C=O) groups is 1. The number of fused-ring (bicyclic) bond motifs is 1. The molecule has 1 N–H and O–H groups in total. The van der Waals surface area contributed by atoms with E-state index in [1.165, 1.54) is 23.0 Å². The maximum absolute atomic E-state index is 12.6. The number of hydrogen-bond acceptors (Lipinski definition) is 7. The number of nitrogens with zero attached hydrogens (tertiary/aromatic N) is 1. The largest absolute Gasteiger partial charge is 0.486 e. The number of benzene rings is 2. The van der Waals surface area contributed by atoms with E-state index in [1.54, 1.807) is 24.3 Å². The predicted octanol–water partition coefficient (Wildman–Crippen LogP) is 5.42. The Morgan fingerprint density at radius 1 is 1.09 bits per heavy atom. The van der Waals surface area contributed by atoms with Gasteiger partial charge in [0.15, 0.2) is 20.7 Å². The first-order valence-electron chi connectivity index (χ1n) is 10.2. The number of thiazole rings is 1. The van der Waals surface area contributed by atoms with Crippen molar-refractivity contribution >= 4 is 42.4 Å². The lowest BCUT2D eigenvalue weighted by Crippen LogP contribution is -2.10. The minimum absolute atomic E-state index is 0.0705. The number of amides is 1. The molecule has 7 nitrogen and oxygen atoms in total. The van der Waals surface area contributed by atoms with Crippen LogP contribution in [0.2, 0.25) is 0 Å². The van der Waals surface area contributed by atoms with Crippen LogP contribution in [0.3, 0.4) is 0 Å². The molecule has 4 rings (SSSR count). The van der Waals surface area contributed by atoms with Crippen LogP contribution in [0, 0.1) is 0 Å². The van der Waals surface area contributed by atoms with Crippen LogP contribution >= 0.6 is 11.3 Å². The molecular weight excluding hydrogens is 460 g/mol. The lowest BCUT2D eigenvalue weighted by Gasteiger charge is -2.19. The molecule has 2 heterocycles. The third-order valence-corrected chi connectivity index (χ3v) is 7.04. The van der Waals surface area contributed by atoms with E-state index >= 15 is 0 Å². The molecule has 1 amide bonds. The van der Waals surface area contributed by atoms with Crippen molar-refractivity contribution in [2.45, 2.75) is 37.7 Å². The minimum Gasteiger partial charge on any atom is -0.486 e. The zero-order chi connectivity index (χ0) is 23.8. The van der Waals surface area contributed by atoms with Crippen LogP contribution in [-0.4, -0.2) is 25.6 Å². The fraction of sp³-hybridized carbons (Fsp3) is 0.250. The maximum Gasteiger partial charge on any atom is 0.293 e. The number of aromatic nitrogens is 1. The molecule has 2 aromatic heterocycles. The fourth-order valence-corrected chi connectivity index (χ4v) is 4.75. The summed E-state index contributed by atoms with van der Waals surface area (Å²) in [5.74, 6) is 0.918. The van der Waals surface area contributed by atoms with E-state index < -0.39 is 15.7 Å². The molecule has 172 valence electrons. The van der Waals surface area contributed by atoms with E-state index in [4.69, 9.17) is 9.15 Å². The summed E-state index contributed by atoms with van der Waals surface area (Å²) in [6, 6.07) is 15.8. The molecule has 0 saturated heterocycles. The third-order valence-electron chi connectivity index (χ3n) is 5.00. The second kappa shape index (κ2) is 8.64. The lowest BCUT2D eigenvalue weighted by molar-refractivity contribution is 0.0992. The number of ether oxygens (including phenoxy) is 1. The Labute approximate surface area is 196 Å². The fourth-order valence-electron chi connectivity index (χ4n) is 3.13. The number of nitrogens with one attached hydrogen (secondary N) is 1. The van der Waals surface area contributed by atoms with Crippen molar-refractivity contribution in [2.75, 3.05) is 11.6 Å². The van der Waals surface area contributed by atoms with Crippen molar-refractivity contribution in [1.29, 1.82) is 0 Å². The van der Waals surface area contributed by atoms with Gasteiger partial charge in [0.05, 0.1) is 15.1 Å². The van der Waals surface area contributed by atoms with E-state index in [2.05, 4.69) is 31.1 Å². The third kappa shape index (κ3) is 5.43. The molecule has 0 atom stereocenters. The molecule has 9 heteroatoms. The van der Waals surface area contributed by atoms with E-state index in [-0.39, 0.29) is 22.7 Å². The quantitative estimate of drug-likeness (QED) is 0.392. The maximum atomic E-state index is 12.6. The van der Waals surface area contributed by atoms with Crippen LogP contribution < -0.4 is 10.1 Å². The molecular formula is C24H24N2O5S2. The van der Waals surface area contributed by atoms with Gasteiger partial charge in [0.2, 0.25) is 0 Å². The Morgan fingerprint density at radius 2 is 1.82 bits per heavy atom. The van der Waals surface area contributed by atoms with Crippen molar-refractivity contribution in [3.8, 4) is 5.75 Å². The molecule has 0 unspecified atom stereocenters. The molecule has 0 aliphatic rings. The van der Waals surface area contributed by atoms with Crippen molar-refractivity contribution in [2.24, 2.45) is 0 Å². The zero-order valence-electron chi connectivity index (χ0n) is 18.7. The summed E-state index contributed by atoms with van der Waals surface area (Å²) in [4.78, 5) is 17.1. The normalized spacial score (nSPS) is 12.1. The molecule has 0 bridgehead atoms. The second-order valence-corrected chi connectivity index (χ2v) is 11.8. The highest BCUT2D eigenvalue weighted by atomic mass is 32.2. The number of sulfone groups is 1. The van der Waals surface area contributed by atoms with Gasteiger partial charge < -0.3 is 9.15 Å². The molecule has 0 fully saturated rings. The smallest absolute Gasteiger partial charge is 0.293 e. The van der Waals surface area contributed by atoms with Gasteiger partial charge in [-0.15, -0.1) is 0 Å². The van der Waals surface area contributed by atoms with Crippen LogP contribution in [0.15, 0.2) is 63.9 Å². The summed E-state index contributed by atoms with van der Waals surface area (Å²) < 4.78 is 35.5. The number of hydrogen-bond donors (Lipinski definition) is 1. The number of rotatable bonds is 6. The highest BCUT2D eigenvalue weighted by Gasteiger charge is 2.16. The molecule has 0 aliphatic heterocycles. The van der Waals surface area contributed by atoms with Gasteiger partial charge in [-0.1, -0.05) is 44.2 Å². The Morgan fingerprint density at radius 3 is 2.48 bits per heavy atom. The van der Waals surface area contributed by atoms with Crippen LogP contribution in [0.1, 0.15) is 42.6 Å². The summed E-state index contributed by atoms with van der Waals surface area (Å²) in [6.07, 6.45) is 1.15. The van der Waals surface area contributed by atoms with Gasteiger partial charge in [0.25, 0.3) is 5.91 Å². The van der Waals surface area contributed by atoms with Gasteiger partial charge >= 0.3 is 0 Å². The lowest BCUT2D eigenvalue weighted by atomic mass is 9.87. The molecule has 33 heavy (non-hydrogen) atoms. The van der Waals surface area contributed by atoms with Crippen LogP contribution in [0.25, 0.3) is 10.2 Å². The molecule has 2 aromatic carbocycles. The first-order valence-corrected chi connectivity index (χ1v) is 12.9. The summed E-state index contributed by atoms with van der Waals surface area (Å²) in [5, 5.41) is 3.05. The zero-order valence-corrected chi connectivity index (χ0v) is 20.3. The van der Waals surface area contributed by atoms with Gasteiger partial charge in [0.1, 0.15) is 18.1 Å². The molecule has 0 saturated carbocycles. The molecule has 0 aliphatic carbocycles. The van der Waals surface area contributed by atoms with Crippen molar-refractivity contribution in [3.05, 3.63) is 71.7 Å². The summed E-state index contributed by atoms with van der Waals surface area (Å²) >= 11 is 1.19. The topological polar surface area (TPSA) is 98.5 Å². The Kier molecular flexibility index (Phi) is 6.02. The Bertz CT molecular complexity index is 1410. The molecule has 4 aromatic rings. The SMILES string of the molecule is CC(C)(C)c1ccc(OCc2ccc(C(=O)Nc3nc4ccc(S(C)(=O)=O)cc4s3)o2)cc1. The van der Waals surface area contributed by atoms with Gasteiger partial charge in [-0.3, -0.25) is 10.1 Å². The first kappa shape index (κ1) is 23.0. The van der Waals surface area contributed by atoms with Crippen LogP contribution in [-0.2, 0) is 21.9 Å². The summed E-state index contributed by atoms with van der Waals surface area (Å²) in [6.45, 7) is 6.65.